The van der Waals surface area contributed by atoms with Gasteiger partial charge in [-0.15, -0.1) is 0 Å². The van der Waals surface area contributed by atoms with Crippen LogP contribution >= 0.6 is 23.2 Å². The number of carbonyl (C=O) groups is 2. The quantitative estimate of drug-likeness (QED) is 0.772. The summed E-state index contributed by atoms with van der Waals surface area (Å²) in [7, 11) is 1.71. The molecule has 5 nitrogen and oxygen atoms in total. The maximum Gasteiger partial charge on any atom is 0.241 e. The zero-order valence-corrected chi connectivity index (χ0v) is 16.4. The lowest BCUT2D eigenvalue weighted by atomic mass is 10.2. The van der Waals surface area contributed by atoms with E-state index in [1.165, 1.54) is 0 Å². The van der Waals surface area contributed by atoms with Crippen LogP contribution in [0.1, 0.15) is 12.5 Å². The first-order valence-electron chi connectivity index (χ1n) is 8.09. The average molecular weight is 394 g/mol. The van der Waals surface area contributed by atoms with Crippen LogP contribution in [0.2, 0.25) is 10.0 Å². The molecule has 0 aliphatic rings. The molecule has 2 N–H and O–H groups in total. The Labute approximate surface area is 163 Å². The molecule has 7 heteroatoms. The number of hydrogen-bond donors (Lipinski definition) is 2. The van der Waals surface area contributed by atoms with Crippen LogP contribution in [0, 0.1) is 6.92 Å². The summed E-state index contributed by atoms with van der Waals surface area (Å²) in [5.41, 5.74) is 2.27. The molecule has 0 bridgehead atoms. The highest BCUT2D eigenvalue weighted by molar-refractivity contribution is 6.44. The normalized spacial score (nSPS) is 11.9. The van der Waals surface area contributed by atoms with Gasteiger partial charge in [0.05, 0.1) is 28.3 Å². The molecule has 1 unspecified atom stereocenters. The second-order valence-corrected chi connectivity index (χ2v) is 6.88. The number of aryl methyl sites for hydroxylation is 1. The van der Waals surface area contributed by atoms with Crippen LogP contribution in [0.4, 0.5) is 11.4 Å². The van der Waals surface area contributed by atoms with Crippen LogP contribution in [-0.4, -0.2) is 36.3 Å². The van der Waals surface area contributed by atoms with Gasteiger partial charge >= 0.3 is 0 Å². The van der Waals surface area contributed by atoms with Crippen molar-refractivity contribution < 1.29 is 9.59 Å². The van der Waals surface area contributed by atoms with Gasteiger partial charge in [-0.1, -0.05) is 47.0 Å². The fourth-order valence-electron chi connectivity index (χ4n) is 2.24. The Morgan fingerprint density at radius 1 is 1.08 bits per heavy atom. The molecule has 0 spiro atoms. The predicted molar refractivity (Wildman–Crippen MR) is 107 cm³/mol. The minimum absolute atomic E-state index is 0.0751. The number of hydrogen-bond acceptors (Lipinski definition) is 3. The molecule has 0 saturated carbocycles. The number of halogens is 2. The van der Waals surface area contributed by atoms with Gasteiger partial charge < -0.3 is 10.6 Å². The summed E-state index contributed by atoms with van der Waals surface area (Å²) in [5, 5.41) is 6.19. The molecule has 0 aliphatic heterocycles. The highest BCUT2D eigenvalue weighted by Gasteiger charge is 2.21. The lowest BCUT2D eigenvalue weighted by molar-refractivity contribution is -0.122. The number of anilines is 2. The van der Waals surface area contributed by atoms with Gasteiger partial charge in [0.2, 0.25) is 11.8 Å². The summed E-state index contributed by atoms with van der Waals surface area (Å²) in [5.74, 6) is -0.475. The first-order chi connectivity index (χ1) is 12.3. The van der Waals surface area contributed by atoms with Gasteiger partial charge in [-0.05, 0) is 45.2 Å². The molecule has 1 atom stereocenters. The summed E-state index contributed by atoms with van der Waals surface area (Å²) in [6.45, 7) is 3.77. The number of benzene rings is 2. The Morgan fingerprint density at radius 2 is 1.73 bits per heavy atom. The van der Waals surface area contributed by atoms with Crippen molar-refractivity contribution in [1.29, 1.82) is 0 Å². The Hall–Kier alpha value is -2.08. The molecule has 0 fully saturated rings. The largest absolute Gasteiger partial charge is 0.325 e. The number of nitrogens with one attached hydrogen (secondary N) is 2. The van der Waals surface area contributed by atoms with Gasteiger partial charge in [-0.25, -0.2) is 0 Å². The fourth-order valence-corrected chi connectivity index (χ4v) is 2.59. The van der Waals surface area contributed by atoms with Crippen molar-refractivity contribution in [2.24, 2.45) is 0 Å². The van der Waals surface area contributed by atoms with Crippen molar-refractivity contribution in [1.82, 2.24) is 4.90 Å². The number of carbonyl (C=O) groups excluding carboxylic acids is 2. The highest BCUT2D eigenvalue weighted by Crippen LogP contribution is 2.29. The van der Waals surface area contributed by atoms with Crippen LogP contribution in [-0.2, 0) is 9.59 Å². The smallest absolute Gasteiger partial charge is 0.241 e. The van der Waals surface area contributed by atoms with E-state index in [1.807, 2.05) is 31.2 Å². The molecule has 0 aliphatic carbocycles. The van der Waals surface area contributed by atoms with Gasteiger partial charge in [-0.3, -0.25) is 14.5 Å². The van der Waals surface area contributed by atoms with Gasteiger partial charge in [0.1, 0.15) is 0 Å². The molecular weight excluding hydrogens is 373 g/mol. The van der Waals surface area contributed by atoms with Crippen LogP contribution in [0.3, 0.4) is 0 Å². The third kappa shape index (κ3) is 5.46. The Morgan fingerprint density at radius 3 is 2.38 bits per heavy atom. The van der Waals surface area contributed by atoms with Crippen LogP contribution < -0.4 is 10.6 Å². The van der Waals surface area contributed by atoms with Crippen LogP contribution in [0.5, 0.6) is 0 Å². The lowest BCUT2D eigenvalue weighted by Crippen LogP contribution is -2.43. The summed E-state index contributed by atoms with van der Waals surface area (Å²) in [6.07, 6.45) is 0. The molecule has 0 saturated heterocycles. The summed E-state index contributed by atoms with van der Waals surface area (Å²) in [6, 6.07) is 12.0. The van der Waals surface area contributed by atoms with Gasteiger partial charge in [-0.2, -0.15) is 0 Å². The Balaban J connectivity index is 1.92. The molecule has 2 amide bonds. The molecule has 2 aromatic carbocycles. The Kier molecular flexibility index (Phi) is 7.03. The number of likely N-dealkylation sites (N-methyl/N-ethyl adjacent to an activating group) is 1. The summed E-state index contributed by atoms with van der Waals surface area (Å²) < 4.78 is 0. The van der Waals surface area contributed by atoms with E-state index in [0.29, 0.717) is 10.7 Å². The van der Waals surface area contributed by atoms with Crippen molar-refractivity contribution in [2.75, 3.05) is 24.2 Å². The molecule has 0 aromatic heterocycles. The Bertz CT molecular complexity index is 794. The maximum absolute atomic E-state index is 12.4. The molecule has 2 aromatic rings. The van der Waals surface area contributed by atoms with E-state index in [4.69, 9.17) is 23.2 Å². The molecule has 0 radical (unpaired) electrons. The average Bonchev–Trinajstić information content (AvgIpc) is 2.60. The highest BCUT2D eigenvalue weighted by atomic mass is 35.5. The molecule has 2 rings (SSSR count). The van der Waals surface area contributed by atoms with Gasteiger partial charge in [0, 0.05) is 5.69 Å². The van der Waals surface area contributed by atoms with E-state index in [2.05, 4.69) is 10.6 Å². The van der Waals surface area contributed by atoms with Crippen LogP contribution in [0.15, 0.2) is 42.5 Å². The van der Waals surface area contributed by atoms with Crippen LogP contribution in [0.25, 0.3) is 0 Å². The van der Waals surface area contributed by atoms with E-state index in [0.717, 1.165) is 11.3 Å². The van der Waals surface area contributed by atoms with E-state index < -0.39 is 6.04 Å². The fraction of sp³-hybridized carbons (Fsp3) is 0.263. The number of nitrogens with zero attached hydrogens (tertiary/aromatic N) is 1. The minimum Gasteiger partial charge on any atom is -0.325 e. The zero-order valence-electron chi connectivity index (χ0n) is 14.8. The molecule has 0 heterocycles. The molecule has 138 valence electrons. The number of amides is 2. The van der Waals surface area contributed by atoms with Crippen molar-refractivity contribution in [3.05, 3.63) is 58.1 Å². The first kappa shape index (κ1) is 20.2. The standard InChI is InChI=1S/C19H21Cl2N3O2/c1-12-7-9-14(10-8-12)22-17(25)11-24(3)13(2)19(26)23-16-6-4-5-15(20)18(16)21/h4-10,13H,11H2,1-3H3,(H,22,25)(H,23,26). The van der Waals surface area contributed by atoms with Gasteiger partial charge in [0.15, 0.2) is 0 Å². The second-order valence-electron chi connectivity index (χ2n) is 6.10. The molecule has 26 heavy (non-hydrogen) atoms. The predicted octanol–water partition coefficient (Wildman–Crippen LogP) is 4.20. The van der Waals surface area contributed by atoms with E-state index in [9.17, 15) is 9.59 Å². The summed E-state index contributed by atoms with van der Waals surface area (Å²) >= 11 is 12.0. The lowest BCUT2D eigenvalue weighted by Gasteiger charge is -2.23. The van der Waals surface area contributed by atoms with Crippen molar-refractivity contribution >= 4 is 46.4 Å². The topological polar surface area (TPSA) is 61.4 Å². The minimum atomic E-state index is -0.534. The van der Waals surface area contributed by atoms with E-state index >= 15 is 0 Å². The summed E-state index contributed by atoms with van der Waals surface area (Å²) in [4.78, 5) is 26.2. The third-order valence-corrected chi connectivity index (χ3v) is 4.80. The number of rotatable bonds is 6. The van der Waals surface area contributed by atoms with Crippen molar-refractivity contribution in [3.63, 3.8) is 0 Å². The zero-order chi connectivity index (χ0) is 19.3. The SMILES string of the molecule is Cc1ccc(NC(=O)CN(C)C(C)C(=O)Nc2cccc(Cl)c2Cl)cc1. The van der Waals surface area contributed by atoms with E-state index in [-0.39, 0.29) is 23.4 Å². The van der Waals surface area contributed by atoms with Gasteiger partial charge in [0.25, 0.3) is 0 Å². The monoisotopic (exact) mass is 393 g/mol. The third-order valence-electron chi connectivity index (χ3n) is 3.98. The maximum atomic E-state index is 12.4. The molecular formula is C19H21Cl2N3O2. The second kappa shape index (κ2) is 9.03. The van der Waals surface area contributed by atoms with Crippen molar-refractivity contribution in [2.45, 2.75) is 19.9 Å². The van der Waals surface area contributed by atoms with E-state index in [1.54, 1.807) is 37.1 Å². The van der Waals surface area contributed by atoms with Crippen molar-refractivity contribution in [3.8, 4) is 0 Å². The first-order valence-corrected chi connectivity index (χ1v) is 8.85.